The molecule has 3 rings (SSSR count). The first-order valence-electron chi connectivity index (χ1n) is 6.40. The fourth-order valence-electron chi connectivity index (χ4n) is 2.22. The Bertz CT molecular complexity index is 799. The second-order valence-corrected chi connectivity index (χ2v) is 6.24. The van der Waals surface area contributed by atoms with Crippen molar-refractivity contribution in [3.8, 4) is 0 Å². The van der Waals surface area contributed by atoms with Crippen LogP contribution in [0.2, 0.25) is 0 Å². The van der Waals surface area contributed by atoms with E-state index in [1.807, 2.05) is 52.4 Å². The van der Waals surface area contributed by atoms with Gasteiger partial charge in [0.2, 0.25) is 0 Å². The van der Waals surface area contributed by atoms with E-state index in [2.05, 4.69) is 9.97 Å². The Kier molecular flexibility index (Phi) is 4.12. The molecule has 0 radical (unpaired) electrons. The molecule has 108 valence electrons. The zero-order valence-corrected chi connectivity index (χ0v) is 14.2. The van der Waals surface area contributed by atoms with Crippen LogP contribution < -0.4 is 0 Å². The van der Waals surface area contributed by atoms with Gasteiger partial charge in [-0.05, 0) is 47.2 Å². The minimum absolute atomic E-state index is 0.243. The first-order valence-corrected chi connectivity index (χ1v) is 8.01. The van der Waals surface area contributed by atoms with Crippen LogP contribution in [0.4, 0.5) is 4.39 Å². The number of pyridine rings is 1. The van der Waals surface area contributed by atoms with Crippen molar-refractivity contribution in [2.75, 3.05) is 0 Å². The zero-order valence-electron chi connectivity index (χ0n) is 11.3. The van der Waals surface area contributed by atoms with Gasteiger partial charge in [-0.15, -0.1) is 11.6 Å². The lowest BCUT2D eigenvalue weighted by atomic mass is 10.2. The molecule has 0 fully saturated rings. The Morgan fingerprint density at radius 3 is 2.81 bits per heavy atom. The van der Waals surface area contributed by atoms with Gasteiger partial charge in [-0.2, -0.15) is 0 Å². The van der Waals surface area contributed by atoms with Crippen molar-refractivity contribution in [3.63, 3.8) is 0 Å². The molecule has 3 nitrogen and oxygen atoms in total. The number of rotatable bonds is 3. The van der Waals surface area contributed by atoms with Crippen molar-refractivity contribution in [2.45, 2.75) is 19.3 Å². The summed E-state index contributed by atoms with van der Waals surface area (Å²) >= 11 is 7.95. The maximum absolute atomic E-state index is 13.8. The number of alkyl halides is 1. The second-order valence-electron chi connectivity index (χ2n) is 4.81. The third-order valence-corrected chi connectivity index (χ3v) is 4.37. The molecule has 2 aromatic heterocycles. The van der Waals surface area contributed by atoms with Gasteiger partial charge in [-0.3, -0.25) is 4.98 Å². The number of aryl methyl sites for hydroxylation is 1. The summed E-state index contributed by atoms with van der Waals surface area (Å²) < 4.78 is 16.3. The number of halogens is 3. The fourth-order valence-corrected chi connectivity index (χ4v) is 2.88. The first kappa shape index (κ1) is 14.7. The molecular formula is C15H12ClFIN3. The van der Waals surface area contributed by atoms with E-state index in [4.69, 9.17) is 11.6 Å². The van der Waals surface area contributed by atoms with Crippen LogP contribution in [0, 0.1) is 16.3 Å². The topological polar surface area (TPSA) is 30.7 Å². The Morgan fingerprint density at radius 1 is 1.33 bits per heavy atom. The highest BCUT2D eigenvalue weighted by molar-refractivity contribution is 14.1. The summed E-state index contributed by atoms with van der Waals surface area (Å²) in [6.07, 6.45) is 1.82. The quantitative estimate of drug-likeness (QED) is 0.472. The van der Waals surface area contributed by atoms with Gasteiger partial charge in [0.25, 0.3) is 0 Å². The standard InChI is InChI=1S/C15H12ClFIN3/c1-9-2-3-10(7-19-9)8-21-14-4-11(17)12(18)5-13(14)20-15(21)6-16/h2-5,7H,6,8H2,1H3. The molecule has 0 aliphatic heterocycles. The predicted molar refractivity (Wildman–Crippen MR) is 90.0 cm³/mol. The molecule has 0 aliphatic rings. The molecule has 0 atom stereocenters. The first-order chi connectivity index (χ1) is 10.1. The van der Waals surface area contributed by atoms with Crippen LogP contribution in [-0.4, -0.2) is 14.5 Å². The molecule has 21 heavy (non-hydrogen) atoms. The molecule has 0 N–H and O–H groups in total. The monoisotopic (exact) mass is 415 g/mol. The minimum Gasteiger partial charge on any atom is -0.322 e. The summed E-state index contributed by atoms with van der Waals surface area (Å²) in [5, 5.41) is 0. The maximum Gasteiger partial charge on any atom is 0.138 e. The van der Waals surface area contributed by atoms with E-state index in [1.165, 1.54) is 6.07 Å². The molecule has 2 heterocycles. The lowest BCUT2D eigenvalue weighted by Gasteiger charge is -2.08. The summed E-state index contributed by atoms with van der Waals surface area (Å²) in [5.74, 6) is 0.771. The average molecular weight is 416 g/mol. The molecule has 6 heteroatoms. The lowest BCUT2D eigenvalue weighted by Crippen LogP contribution is -2.04. The van der Waals surface area contributed by atoms with Gasteiger partial charge in [-0.1, -0.05) is 6.07 Å². The van der Waals surface area contributed by atoms with Gasteiger partial charge in [-0.25, -0.2) is 9.37 Å². The van der Waals surface area contributed by atoms with Crippen molar-refractivity contribution >= 4 is 45.2 Å². The van der Waals surface area contributed by atoms with E-state index >= 15 is 0 Å². The molecule has 0 saturated carbocycles. The van der Waals surface area contributed by atoms with Crippen LogP contribution in [0.3, 0.4) is 0 Å². The molecule has 0 spiro atoms. The van der Waals surface area contributed by atoms with Gasteiger partial charge in [0, 0.05) is 18.0 Å². The van der Waals surface area contributed by atoms with Gasteiger partial charge >= 0.3 is 0 Å². The van der Waals surface area contributed by atoms with Crippen LogP contribution in [0.15, 0.2) is 30.5 Å². The molecule has 0 unspecified atom stereocenters. The Labute approximate surface area is 140 Å². The number of fused-ring (bicyclic) bond motifs is 1. The highest BCUT2D eigenvalue weighted by atomic mass is 127. The Morgan fingerprint density at radius 2 is 2.14 bits per heavy atom. The summed E-state index contributed by atoms with van der Waals surface area (Å²) in [5.41, 5.74) is 3.51. The molecule has 0 bridgehead atoms. The number of nitrogens with zero attached hydrogens (tertiary/aromatic N) is 3. The highest BCUT2D eigenvalue weighted by Gasteiger charge is 2.13. The van der Waals surface area contributed by atoms with Crippen LogP contribution in [-0.2, 0) is 12.4 Å². The lowest BCUT2D eigenvalue weighted by molar-refractivity contribution is 0.621. The van der Waals surface area contributed by atoms with Crippen LogP contribution in [0.5, 0.6) is 0 Å². The van der Waals surface area contributed by atoms with Crippen molar-refractivity contribution in [2.24, 2.45) is 0 Å². The summed E-state index contributed by atoms with van der Waals surface area (Å²) in [7, 11) is 0. The number of hydrogen-bond acceptors (Lipinski definition) is 2. The van der Waals surface area contributed by atoms with Crippen molar-refractivity contribution in [3.05, 3.63) is 56.9 Å². The Balaban J connectivity index is 2.11. The van der Waals surface area contributed by atoms with Gasteiger partial charge < -0.3 is 4.57 Å². The largest absolute Gasteiger partial charge is 0.322 e. The predicted octanol–water partition coefficient (Wildman–Crippen LogP) is 4.27. The summed E-state index contributed by atoms with van der Waals surface area (Å²) in [6, 6.07) is 7.22. The molecular weight excluding hydrogens is 404 g/mol. The third kappa shape index (κ3) is 2.89. The molecule has 0 saturated heterocycles. The molecule has 0 aliphatic carbocycles. The normalized spacial score (nSPS) is 11.2. The van der Waals surface area contributed by atoms with E-state index in [1.54, 1.807) is 6.07 Å². The number of hydrogen-bond donors (Lipinski definition) is 0. The van der Waals surface area contributed by atoms with E-state index in [0.29, 0.717) is 10.1 Å². The van der Waals surface area contributed by atoms with E-state index in [0.717, 1.165) is 28.1 Å². The second kappa shape index (κ2) is 5.88. The minimum atomic E-state index is -0.243. The van der Waals surface area contributed by atoms with Gasteiger partial charge in [0.15, 0.2) is 0 Å². The summed E-state index contributed by atoms with van der Waals surface area (Å²) in [6.45, 7) is 2.52. The average Bonchev–Trinajstić information content (AvgIpc) is 2.79. The molecule has 1 aromatic carbocycles. The summed E-state index contributed by atoms with van der Waals surface area (Å²) in [4.78, 5) is 8.77. The van der Waals surface area contributed by atoms with Gasteiger partial charge in [0.05, 0.1) is 27.0 Å². The SMILES string of the molecule is Cc1ccc(Cn2c(CCl)nc3cc(I)c(F)cc32)cn1. The number of benzene rings is 1. The van der Waals surface area contributed by atoms with E-state index in [9.17, 15) is 4.39 Å². The van der Waals surface area contributed by atoms with Crippen LogP contribution >= 0.6 is 34.2 Å². The van der Waals surface area contributed by atoms with Crippen LogP contribution in [0.1, 0.15) is 17.1 Å². The maximum atomic E-state index is 13.8. The van der Waals surface area contributed by atoms with E-state index < -0.39 is 0 Å². The Hall–Kier alpha value is -1.21. The van der Waals surface area contributed by atoms with Gasteiger partial charge in [0.1, 0.15) is 11.6 Å². The number of aromatic nitrogens is 3. The zero-order chi connectivity index (χ0) is 15.0. The van der Waals surface area contributed by atoms with E-state index in [-0.39, 0.29) is 11.7 Å². The molecule has 0 amide bonds. The molecule has 3 aromatic rings. The van der Waals surface area contributed by atoms with Crippen molar-refractivity contribution in [1.29, 1.82) is 0 Å². The van der Waals surface area contributed by atoms with Crippen molar-refractivity contribution < 1.29 is 4.39 Å². The smallest absolute Gasteiger partial charge is 0.138 e. The number of imidazole rings is 1. The fraction of sp³-hybridized carbons (Fsp3) is 0.200. The van der Waals surface area contributed by atoms with Crippen molar-refractivity contribution in [1.82, 2.24) is 14.5 Å². The third-order valence-electron chi connectivity index (χ3n) is 3.30. The van der Waals surface area contributed by atoms with Crippen LogP contribution in [0.25, 0.3) is 11.0 Å². The highest BCUT2D eigenvalue weighted by Crippen LogP contribution is 2.23.